The number of para-hydroxylation sites is 1. The summed E-state index contributed by atoms with van der Waals surface area (Å²) in [4.78, 5) is 36.4. The molecule has 0 aromatic heterocycles. The predicted molar refractivity (Wildman–Crippen MR) is 92.8 cm³/mol. The minimum absolute atomic E-state index is 0.0281. The fourth-order valence-corrected chi connectivity index (χ4v) is 3.61. The van der Waals surface area contributed by atoms with Crippen molar-refractivity contribution in [3.63, 3.8) is 0 Å². The molecule has 28 heavy (non-hydrogen) atoms. The average molecular weight is 402 g/mol. The molecule has 0 radical (unpaired) electrons. The largest absolute Gasteiger partial charge is 0.490 e. The highest BCUT2D eigenvalue weighted by Gasteiger charge is 2.49. The monoisotopic (exact) mass is 402 g/mol. The molecule has 1 aromatic rings. The first-order valence-electron chi connectivity index (χ1n) is 8.66. The number of carbonyl (C=O) groups excluding carboxylic acids is 1. The Morgan fingerprint density at radius 1 is 1.07 bits per heavy atom. The Kier molecular flexibility index (Phi) is 6.65. The van der Waals surface area contributed by atoms with Crippen LogP contribution in [0.4, 0.5) is 18.9 Å². The van der Waals surface area contributed by atoms with Gasteiger partial charge in [-0.3, -0.25) is 14.5 Å². The normalized spacial score (nSPS) is 22.7. The number of hydrogen-bond acceptors (Lipinski definition) is 4. The fourth-order valence-electron chi connectivity index (χ4n) is 3.61. The lowest BCUT2D eigenvalue weighted by atomic mass is 9.78. The molecule has 2 saturated heterocycles. The van der Waals surface area contributed by atoms with Crippen molar-refractivity contribution < 1.29 is 37.8 Å². The molecule has 2 N–H and O–H groups in total. The number of carbonyl (C=O) groups is 3. The van der Waals surface area contributed by atoms with E-state index in [0.717, 1.165) is 38.0 Å². The molecule has 1 unspecified atom stereocenters. The summed E-state index contributed by atoms with van der Waals surface area (Å²) in [6, 6.07) is 9.72. The van der Waals surface area contributed by atoms with E-state index in [-0.39, 0.29) is 17.9 Å². The van der Waals surface area contributed by atoms with Gasteiger partial charge in [0.25, 0.3) is 0 Å². The van der Waals surface area contributed by atoms with E-state index in [1.165, 1.54) is 0 Å². The quantitative estimate of drug-likeness (QED) is 0.805. The van der Waals surface area contributed by atoms with Gasteiger partial charge in [0.2, 0.25) is 5.91 Å². The molecule has 1 aromatic carbocycles. The summed E-state index contributed by atoms with van der Waals surface area (Å²) in [6.45, 7) is 2.10. The number of hydrogen-bond donors (Lipinski definition) is 2. The summed E-state index contributed by atoms with van der Waals surface area (Å²) >= 11 is 0. The highest BCUT2D eigenvalue weighted by molar-refractivity contribution is 6.00. The Bertz CT molecular complexity index is 726. The molecule has 2 fully saturated rings. The molecule has 2 heterocycles. The van der Waals surface area contributed by atoms with Gasteiger partial charge in [0, 0.05) is 18.8 Å². The van der Waals surface area contributed by atoms with Crippen molar-refractivity contribution in [1.29, 1.82) is 0 Å². The van der Waals surface area contributed by atoms with Crippen LogP contribution in [0.1, 0.15) is 19.3 Å². The molecule has 0 aliphatic carbocycles. The van der Waals surface area contributed by atoms with Crippen molar-refractivity contribution in [3.05, 3.63) is 30.3 Å². The molecular formula is C18H21F3N2O5. The smallest absolute Gasteiger partial charge is 0.480 e. The van der Waals surface area contributed by atoms with Crippen molar-refractivity contribution in [1.82, 2.24) is 4.90 Å². The van der Waals surface area contributed by atoms with Crippen LogP contribution in [0, 0.1) is 5.41 Å². The number of rotatable bonds is 3. The first-order chi connectivity index (χ1) is 13.0. The Hall–Kier alpha value is -2.62. The molecule has 0 saturated carbocycles. The van der Waals surface area contributed by atoms with E-state index >= 15 is 0 Å². The van der Waals surface area contributed by atoms with Crippen molar-refractivity contribution in [2.75, 3.05) is 31.1 Å². The van der Waals surface area contributed by atoms with Crippen LogP contribution in [0.25, 0.3) is 0 Å². The number of carboxylic acids is 2. The third kappa shape index (κ3) is 5.22. The minimum atomic E-state index is -5.08. The summed E-state index contributed by atoms with van der Waals surface area (Å²) < 4.78 is 31.7. The van der Waals surface area contributed by atoms with Crippen molar-refractivity contribution in [2.24, 2.45) is 5.41 Å². The van der Waals surface area contributed by atoms with Crippen molar-refractivity contribution in [2.45, 2.75) is 25.4 Å². The maximum Gasteiger partial charge on any atom is 0.490 e. The second-order valence-electron chi connectivity index (χ2n) is 6.83. The number of carboxylic acid groups (broad SMARTS) is 2. The number of anilines is 1. The second-order valence-corrected chi connectivity index (χ2v) is 6.83. The predicted octanol–water partition coefficient (Wildman–Crippen LogP) is 2.22. The molecule has 154 valence electrons. The van der Waals surface area contributed by atoms with Gasteiger partial charge < -0.3 is 15.1 Å². The summed E-state index contributed by atoms with van der Waals surface area (Å²) in [7, 11) is 0. The Labute approximate surface area is 159 Å². The van der Waals surface area contributed by atoms with Crippen LogP contribution in [0.2, 0.25) is 0 Å². The van der Waals surface area contributed by atoms with Gasteiger partial charge in [-0.05, 0) is 37.9 Å². The van der Waals surface area contributed by atoms with Crippen LogP contribution in [0.5, 0.6) is 0 Å². The lowest BCUT2D eigenvalue weighted by molar-refractivity contribution is -0.192. The zero-order chi connectivity index (χ0) is 20.9. The standard InChI is InChI=1S/C16H20N2O3.C2HF3O2/c19-14(20)11-17-9-4-7-16(12-17)8-10-18(15(16)21)13-5-2-1-3-6-13;3-2(4,5)1(6)7/h1-3,5-6H,4,7-12H2,(H,19,20);(H,6,7). The van der Waals surface area contributed by atoms with Crippen LogP contribution in [0.3, 0.4) is 0 Å². The van der Waals surface area contributed by atoms with Crippen LogP contribution in [0.15, 0.2) is 30.3 Å². The van der Waals surface area contributed by atoms with E-state index in [0.29, 0.717) is 6.54 Å². The Morgan fingerprint density at radius 3 is 2.21 bits per heavy atom. The van der Waals surface area contributed by atoms with Crippen LogP contribution in [-0.4, -0.2) is 65.3 Å². The number of halogens is 3. The summed E-state index contributed by atoms with van der Waals surface area (Å²) in [5, 5.41) is 16.1. The second kappa shape index (κ2) is 8.59. The molecule has 10 heteroatoms. The fraction of sp³-hybridized carbons (Fsp3) is 0.500. The zero-order valence-corrected chi connectivity index (χ0v) is 15.0. The molecule has 0 bridgehead atoms. The van der Waals surface area contributed by atoms with Gasteiger partial charge in [-0.2, -0.15) is 13.2 Å². The SMILES string of the molecule is O=C(O)C(F)(F)F.O=C(O)CN1CCCC2(CCN(c3ccccc3)C2=O)C1. The summed E-state index contributed by atoms with van der Waals surface area (Å²) in [5.74, 6) is -3.42. The molecule has 2 aliphatic rings. The maximum atomic E-state index is 12.9. The minimum Gasteiger partial charge on any atom is -0.480 e. The van der Waals surface area contributed by atoms with E-state index in [9.17, 15) is 22.8 Å². The van der Waals surface area contributed by atoms with E-state index in [4.69, 9.17) is 15.0 Å². The summed E-state index contributed by atoms with van der Waals surface area (Å²) in [5.41, 5.74) is 0.554. The van der Waals surface area contributed by atoms with Crippen LogP contribution < -0.4 is 4.90 Å². The number of likely N-dealkylation sites (tertiary alicyclic amines) is 1. The highest BCUT2D eigenvalue weighted by atomic mass is 19.4. The molecular weight excluding hydrogens is 381 g/mol. The third-order valence-electron chi connectivity index (χ3n) is 4.84. The molecule has 1 amide bonds. The summed E-state index contributed by atoms with van der Waals surface area (Å²) in [6.07, 6.45) is -2.51. The average Bonchev–Trinajstić information content (AvgIpc) is 2.91. The van der Waals surface area contributed by atoms with Gasteiger partial charge in [0.1, 0.15) is 0 Å². The Balaban J connectivity index is 0.000000345. The first-order valence-corrected chi connectivity index (χ1v) is 8.66. The maximum absolute atomic E-state index is 12.9. The van der Waals surface area contributed by atoms with Gasteiger partial charge in [-0.25, -0.2) is 4.79 Å². The molecule has 1 spiro atoms. The van der Waals surface area contributed by atoms with E-state index in [1.54, 1.807) is 0 Å². The van der Waals surface area contributed by atoms with Crippen LogP contribution in [-0.2, 0) is 14.4 Å². The Morgan fingerprint density at radius 2 is 1.68 bits per heavy atom. The third-order valence-corrected chi connectivity index (χ3v) is 4.84. The van der Waals surface area contributed by atoms with Gasteiger partial charge in [-0.15, -0.1) is 0 Å². The molecule has 1 atom stereocenters. The molecule has 3 rings (SSSR count). The molecule has 2 aliphatic heterocycles. The van der Waals surface area contributed by atoms with Gasteiger partial charge in [0.15, 0.2) is 0 Å². The molecule has 7 nitrogen and oxygen atoms in total. The van der Waals surface area contributed by atoms with E-state index in [1.807, 2.05) is 40.1 Å². The number of alkyl halides is 3. The van der Waals surface area contributed by atoms with Crippen molar-refractivity contribution >= 4 is 23.5 Å². The highest BCUT2D eigenvalue weighted by Crippen LogP contribution is 2.41. The number of nitrogens with zero attached hydrogens (tertiary/aromatic N) is 2. The zero-order valence-electron chi connectivity index (χ0n) is 15.0. The number of amides is 1. The lowest BCUT2D eigenvalue weighted by Crippen LogP contribution is -2.49. The number of benzene rings is 1. The van der Waals surface area contributed by atoms with E-state index < -0.39 is 18.1 Å². The van der Waals surface area contributed by atoms with E-state index in [2.05, 4.69) is 0 Å². The van der Waals surface area contributed by atoms with Gasteiger partial charge in [-0.1, -0.05) is 18.2 Å². The van der Waals surface area contributed by atoms with Gasteiger partial charge in [0.05, 0.1) is 12.0 Å². The number of aliphatic carboxylic acids is 2. The van der Waals surface area contributed by atoms with Crippen molar-refractivity contribution in [3.8, 4) is 0 Å². The first kappa shape index (κ1) is 21.7. The topological polar surface area (TPSA) is 98.1 Å². The lowest BCUT2D eigenvalue weighted by Gasteiger charge is -2.38. The van der Waals surface area contributed by atoms with Crippen LogP contribution >= 0.6 is 0 Å². The number of piperidine rings is 1. The van der Waals surface area contributed by atoms with Gasteiger partial charge >= 0.3 is 18.1 Å².